The second-order valence-corrected chi connectivity index (χ2v) is 6.03. The Morgan fingerprint density at radius 1 is 1.43 bits per heavy atom. The molecule has 1 aromatic carbocycles. The Balaban J connectivity index is 2.02. The van der Waals surface area contributed by atoms with Gasteiger partial charge in [-0.05, 0) is 25.1 Å². The molecule has 0 bridgehead atoms. The van der Waals surface area contributed by atoms with Crippen LogP contribution in [0, 0.1) is 0 Å². The van der Waals surface area contributed by atoms with E-state index in [0.717, 1.165) is 4.47 Å². The number of rotatable bonds is 5. The van der Waals surface area contributed by atoms with Gasteiger partial charge in [0.25, 0.3) is 5.91 Å². The lowest BCUT2D eigenvalue weighted by Crippen LogP contribution is -2.37. The summed E-state index contributed by atoms with van der Waals surface area (Å²) in [7, 11) is 0. The minimum absolute atomic E-state index is 0.00142. The SMILES string of the molecule is CCN(CC(=O)Nc1nccs1)C(=O)c1cccc(Br)c1. The maximum atomic E-state index is 12.4. The predicted molar refractivity (Wildman–Crippen MR) is 86.5 cm³/mol. The van der Waals surface area contributed by atoms with Crippen molar-refractivity contribution in [2.45, 2.75) is 6.92 Å². The molecule has 0 spiro atoms. The summed E-state index contributed by atoms with van der Waals surface area (Å²) >= 11 is 4.68. The summed E-state index contributed by atoms with van der Waals surface area (Å²) in [5.74, 6) is -0.428. The molecule has 1 heterocycles. The molecule has 21 heavy (non-hydrogen) atoms. The van der Waals surface area contributed by atoms with E-state index in [1.807, 2.05) is 13.0 Å². The van der Waals surface area contributed by atoms with E-state index in [2.05, 4.69) is 26.2 Å². The topological polar surface area (TPSA) is 62.3 Å². The lowest BCUT2D eigenvalue weighted by Gasteiger charge is -2.20. The number of nitrogens with zero attached hydrogens (tertiary/aromatic N) is 2. The van der Waals surface area contributed by atoms with Crippen LogP contribution in [0.3, 0.4) is 0 Å². The molecule has 2 rings (SSSR count). The molecule has 0 fully saturated rings. The molecule has 0 aliphatic carbocycles. The van der Waals surface area contributed by atoms with E-state index in [0.29, 0.717) is 17.2 Å². The zero-order valence-corrected chi connectivity index (χ0v) is 13.8. The minimum atomic E-state index is -0.254. The van der Waals surface area contributed by atoms with E-state index in [1.165, 1.54) is 16.2 Å². The third-order valence-corrected chi connectivity index (χ3v) is 3.94. The standard InChI is InChI=1S/C14H14BrN3O2S/c1-2-18(9-12(19)17-14-16-6-7-21-14)13(20)10-4-3-5-11(15)8-10/h3-8H,2,9H2,1H3,(H,16,17,19). The number of amides is 2. The third-order valence-electron chi connectivity index (χ3n) is 2.75. The van der Waals surface area contributed by atoms with Crippen molar-refractivity contribution in [3.8, 4) is 0 Å². The Labute approximate surface area is 135 Å². The van der Waals surface area contributed by atoms with E-state index in [9.17, 15) is 9.59 Å². The van der Waals surface area contributed by atoms with Gasteiger partial charge in [-0.3, -0.25) is 9.59 Å². The summed E-state index contributed by atoms with van der Waals surface area (Å²) in [5.41, 5.74) is 0.549. The number of halogens is 1. The van der Waals surface area contributed by atoms with Crippen LogP contribution in [0.25, 0.3) is 0 Å². The monoisotopic (exact) mass is 367 g/mol. The van der Waals surface area contributed by atoms with E-state index in [1.54, 1.807) is 29.8 Å². The number of benzene rings is 1. The zero-order chi connectivity index (χ0) is 15.2. The Morgan fingerprint density at radius 2 is 2.24 bits per heavy atom. The number of carbonyl (C=O) groups excluding carboxylic acids is 2. The quantitative estimate of drug-likeness (QED) is 0.883. The van der Waals surface area contributed by atoms with Crippen LogP contribution < -0.4 is 5.32 Å². The summed E-state index contributed by atoms with van der Waals surface area (Å²) in [6.45, 7) is 2.30. The average molecular weight is 368 g/mol. The van der Waals surface area contributed by atoms with Crippen molar-refractivity contribution in [1.82, 2.24) is 9.88 Å². The van der Waals surface area contributed by atoms with Crippen molar-refractivity contribution in [2.24, 2.45) is 0 Å². The van der Waals surface area contributed by atoms with Crippen LogP contribution in [0.4, 0.5) is 5.13 Å². The van der Waals surface area contributed by atoms with Gasteiger partial charge in [-0.15, -0.1) is 11.3 Å². The summed E-state index contributed by atoms with van der Waals surface area (Å²) in [5, 5.41) is 4.98. The number of hydrogen-bond acceptors (Lipinski definition) is 4. The van der Waals surface area contributed by atoms with Crippen LogP contribution in [-0.4, -0.2) is 34.8 Å². The number of thiazole rings is 1. The highest BCUT2D eigenvalue weighted by Crippen LogP contribution is 2.14. The van der Waals surface area contributed by atoms with Gasteiger partial charge in [0.15, 0.2) is 5.13 Å². The van der Waals surface area contributed by atoms with Crippen molar-refractivity contribution in [3.63, 3.8) is 0 Å². The van der Waals surface area contributed by atoms with Crippen molar-refractivity contribution in [2.75, 3.05) is 18.4 Å². The van der Waals surface area contributed by atoms with Crippen LogP contribution in [0.5, 0.6) is 0 Å². The van der Waals surface area contributed by atoms with Crippen molar-refractivity contribution in [3.05, 3.63) is 45.9 Å². The first-order chi connectivity index (χ1) is 10.1. The summed E-state index contributed by atoms with van der Waals surface area (Å²) in [6.07, 6.45) is 1.62. The van der Waals surface area contributed by atoms with Gasteiger partial charge >= 0.3 is 0 Å². The van der Waals surface area contributed by atoms with E-state index >= 15 is 0 Å². The Hall–Kier alpha value is -1.73. The van der Waals surface area contributed by atoms with Gasteiger partial charge in [0.1, 0.15) is 6.54 Å². The molecule has 0 aliphatic rings. The average Bonchev–Trinajstić information content (AvgIpc) is 2.97. The van der Waals surface area contributed by atoms with Crippen LogP contribution in [-0.2, 0) is 4.79 Å². The molecule has 1 aromatic heterocycles. The first kappa shape index (κ1) is 15.7. The van der Waals surface area contributed by atoms with Crippen molar-refractivity contribution < 1.29 is 9.59 Å². The summed E-state index contributed by atoms with van der Waals surface area (Å²) < 4.78 is 0.830. The second-order valence-electron chi connectivity index (χ2n) is 4.22. The number of anilines is 1. The molecule has 0 saturated carbocycles. The molecule has 0 aliphatic heterocycles. The fourth-order valence-electron chi connectivity index (χ4n) is 1.75. The first-order valence-corrected chi connectivity index (χ1v) is 8.01. The fourth-order valence-corrected chi connectivity index (χ4v) is 2.69. The molecule has 0 unspecified atom stereocenters. The molecular weight excluding hydrogens is 354 g/mol. The number of hydrogen-bond donors (Lipinski definition) is 1. The predicted octanol–water partition coefficient (Wildman–Crippen LogP) is 3.01. The van der Waals surface area contributed by atoms with Crippen LogP contribution >= 0.6 is 27.3 Å². The molecular formula is C14H14BrN3O2S. The molecule has 0 radical (unpaired) electrons. The highest BCUT2D eigenvalue weighted by Gasteiger charge is 2.17. The summed E-state index contributed by atoms with van der Waals surface area (Å²) in [6, 6.07) is 7.11. The van der Waals surface area contributed by atoms with E-state index in [-0.39, 0.29) is 18.4 Å². The number of carbonyl (C=O) groups is 2. The highest BCUT2D eigenvalue weighted by atomic mass is 79.9. The van der Waals surface area contributed by atoms with Crippen LogP contribution in [0.1, 0.15) is 17.3 Å². The largest absolute Gasteiger partial charge is 0.330 e. The third kappa shape index (κ3) is 4.37. The van der Waals surface area contributed by atoms with E-state index in [4.69, 9.17) is 0 Å². The molecule has 0 saturated heterocycles. The second kappa shape index (κ2) is 7.33. The molecule has 0 atom stereocenters. The molecule has 7 heteroatoms. The van der Waals surface area contributed by atoms with Crippen molar-refractivity contribution >= 4 is 44.2 Å². The molecule has 2 amide bonds. The lowest BCUT2D eigenvalue weighted by atomic mass is 10.2. The fraction of sp³-hybridized carbons (Fsp3) is 0.214. The minimum Gasteiger partial charge on any atom is -0.330 e. The first-order valence-electron chi connectivity index (χ1n) is 6.34. The Bertz CT molecular complexity index is 631. The maximum absolute atomic E-state index is 12.4. The molecule has 110 valence electrons. The van der Waals surface area contributed by atoms with Gasteiger partial charge in [-0.2, -0.15) is 0 Å². The summed E-state index contributed by atoms with van der Waals surface area (Å²) in [4.78, 5) is 29.8. The Kier molecular flexibility index (Phi) is 5.46. The highest BCUT2D eigenvalue weighted by molar-refractivity contribution is 9.10. The van der Waals surface area contributed by atoms with Gasteiger partial charge < -0.3 is 10.2 Å². The van der Waals surface area contributed by atoms with Crippen LogP contribution in [0.2, 0.25) is 0 Å². The number of likely N-dealkylation sites (N-methyl/N-ethyl adjacent to an activating group) is 1. The van der Waals surface area contributed by atoms with Gasteiger partial charge in [0, 0.05) is 28.2 Å². The smallest absolute Gasteiger partial charge is 0.254 e. The normalized spacial score (nSPS) is 10.2. The zero-order valence-electron chi connectivity index (χ0n) is 11.4. The Morgan fingerprint density at radius 3 is 2.86 bits per heavy atom. The molecule has 2 aromatic rings. The molecule has 1 N–H and O–H groups in total. The maximum Gasteiger partial charge on any atom is 0.254 e. The lowest BCUT2D eigenvalue weighted by molar-refractivity contribution is -0.116. The van der Waals surface area contributed by atoms with Crippen molar-refractivity contribution in [1.29, 1.82) is 0 Å². The van der Waals surface area contributed by atoms with Gasteiger partial charge in [0.05, 0.1) is 0 Å². The molecule has 5 nitrogen and oxygen atoms in total. The van der Waals surface area contributed by atoms with E-state index < -0.39 is 0 Å². The number of aromatic nitrogens is 1. The van der Waals surface area contributed by atoms with Gasteiger partial charge in [-0.25, -0.2) is 4.98 Å². The number of nitrogens with one attached hydrogen (secondary N) is 1. The van der Waals surface area contributed by atoms with Gasteiger partial charge in [0.2, 0.25) is 5.91 Å². The van der Waals surface area contributed by atoms with Crippen LogP contribution in [0.15, 0.2) is 40.3 Å². The van der Waals surface area contributed by atoms with Gasteiger partial charge in [-0.1, -0.05) is 22.0 Å².